The zero-order chi connectivity index (χ0) is 16.2. The summed E-state index contributed by atoms with van der Waals surface area (Å²) in [4.78, 5) is 18.5. The summed E-state index contributed by atoms with van der Waals surface area (Å²) >= 11 is 7.33. The predicted molar refractivity (Wildman–Crippen MR) is 87.8 cm³/mol. The van der Waals surface area contributed by atoms with Crippen molar-refractivity contribution in [3.63, 3.8) is 0 Å². The molecule has 0 unspecified atom stereocenters. The van der Waals surface area contributed by atoms with Gasteiger partial charge >= 0.3 is 5.82 Å². The van der Waals surface area contributed by atoms with Crippen LogP contribution in [0, 0.1) is 10.1 Å². The molecule has 0 bridgehead atoms. The van der Waals surface area contributed by atoms with E-state index in [0.717, 1.165) is 10.6 Å². The minimum Gasteiger partial charge on any atom is -0.479 e. The van der Waals surface area contributed by atoms with Gasteiger partial charge in [0.2, 0.25) is 5.75 Å². The highest BCUT2D eigenvalue weighted by Crippen LogP contribution is 2.27. The third-order valence-corrected chi connectivity index (χ3v) is 4.13. The van der Waals surface area contributed by atoms with Crippen LogP contribution in [0.1, 0.15) is 5.69 Å². The van der Waals surface area contributed by atoms with Crippen LogP contribution in [0.3, 0.4) is 0 Å². The average Bonchev–Trinajstić information content (AvgIpc) is 3.03. The summed E-state index contributed by atoms with van der Waals surface area (Å²) in [6.07, 6.45) is 1.35. The summed E-state index contributed by atoms with van der Waals surface area (Å²) in [6, 6.07) is 10.5. The highest BCUT2D eigenvalue weighted by atomic mass is 35.5. The lowest BCUT2D eigenvalue weighted by atomic mass is 10.2. The van der Waals surface area contributed by atoms with Gasteiger partial charge in [-0.3, -0.25) is 0 Å². The molecule has 0 fully saturated rings. The number of nitro groups is 1. The molecule has 0 amide bonds. The molecule has 0 aliphatic rings. The van der Waals surface area contributed by atoms with Gasteiger partial charge in [-0.1, -0.05) is 23.7 Å². The van der Waals surface area contributed by atoms with E-state index >= 15 is 0 Å². The van der Waals surface area contributed by atoms with Gasteiger partial charge in [0.15, 0.2) is 0 Å². The standard InChI is InChI=1S/C15H10ClN3O3S/c16-11-5-3-10(4-6-11)15-18-12(9-23-15)8-22-13-2-1-7-17-14(13)19(20)21/h1-7,9H,8H2. The van der Waals surface area contributed by atoms with Gasteiger partial charge in [0, 0.05) is 16.0 Å². The van der Waals surface area contributed by atoms with E-state index in [9.17, 15) is 10.1 Å². The fourth-order valence-electron chi connectivity index (χ4n) is 1.88. The van der Waals surface area contributed by atoms with Gasteiger partial charge in [-0.05, 0) is 34.2 Å². The van der Waals surface area contributed by atoms with Gasteiger partial charge in [0.05, 0.1) is 5.69 Å². The third-order valence-electron chi connectivity index (χ3n) is 2.94. The number of aromatic nitrogens is 2. The lowest BCUT2D eigenvalue weighted by molar-refractivity contribution is -0.390. The van der Waals surface area contributed by atoms with Crippen LogP contribution in [0.5, 0.6) is 5.75 Å². The summed E-state index contributed by atoms with van der Waals surface area (Å²) in [7, 11) is 0. The molecular weight excluding hydrogens is 338 g/mol. The van der Waals surface area contributed by atoms with Gasteiger partial charge in [0.1, 0.15) is 17.8 Å². The van der Waals surface area contributed by atoms with Crippen molar-refractivity contribution < 1.29 is 9.66 Å². The minimum absolute atomic E-state index is 0.124. The Labute approximate surface area is 140 Å². The smallest absolute Gasteiger partial charge is 0.406 e. The molecule has 0 aliphatic carbocycles. The van der Waals surface area contributed by atoms with E-state index in [1.807, 2.05) is 17.5 Å². The molecule has 0 spiro atoms. The first-order chi connectivity index (χ1) is 11.1. The number of hydrogen-bond acceptors (Lipinski definition) is 6. The molecule has 0 saturated carbocycles. The number of rotatable bonds is 5. The molecule has 23 heavy (non-hydrogen) atoms. The Balaban J connectivity index is 1.73. The van der Waals surface area contributed by atoms with E-state index in [1.54, 1.807) is 18.2 Å². The summed E-state index contributed by atoms with van der Waals surface area (Å²) in [5.41, 5.74) is 1.65. The zero-order valence-electron chi connectivity index (χ0n) is 11.7. The normalized spacial score (nSPS) is 10.5. The van der Waals surface area contributed by atoms with E-state index < -0.39 is 4.92 Å². The number of nitrogens with zero attached hydrogens (tertiary/aromatic N) is 3. The van der Waals surface area contributed by atoms with Crippen molar-refractivity contribution in [2.24, 2.45) is 0 Å². The maximum Gasteiger partial charge on any atom is 0.406 e. The quantitative estimate of drug-likeness (QED) is 0.506. The predicted octanol–water partition coefficient (Wildman–Crippen LogP) is 4.35. The van der Waals surface area contributed by atoms with Crippen LogP contribution in [-0.4, -0.2) is 14.9 Å². The molecule has 3 rings (SSSR count). The first-order valence-electron chi connectivity index (χ1n) is 6.56. The SMILES string of the molecule is O=[N+]([O-])c1ncccc1OCc1csc(-c2ccc(Cl)cc2)n1. The first kappa shape index (κ1) is 15.4. The number of pyridine rings is 1. The van der Waals surface area contributed by atoms with Crippen molar-refractivity contribution in [3.05, 3.63) is 68.8 Å². The van der Waals surface area contributed by atoms with E-state index in [1.165, 1.54) is 23.6 Å². The number of ether oxygens (including phenoxy) is 1. The molecule has 3 aromatic rings. The van der Waals surface area contributed by atoms with Crippen LogP contribution in [0.25, 0.3) is 10.6 Å². The van der Waals surface area contributed by atoms with Crippen molar-refractivity contribution >= 4 is 28.8 Å². The lowest BCUT2D eigenvalue weighted by Crippen LogP contribution is -2.00. The second-order valence-electron chi connectivity index (χ2n) is 4.52. The molecule has 6 nitrogen and oxygen atoms in total. The Morgan fingerprint density at radius 1 is 1.26 bits per heavy atom. The summed E-state index contributed by atoms with van der Waals surface area (Å²) in [6.45, 7) is 0.136. The van der Waals surface area contributed by atoms with Gasteiger partial charge in [-0.25, -0.2) is 4.98 Å². The van der Waals surface area contributed by atoms with Crippen LogP contribution in [0.4, 0.5) is 5.82 Å². The first-order valence-corrected chi connectivity index (χ1v) is 7.82. The summed E-state index contributed by atoms with van der Waals surface area (Å²) in [5, 5.41) is 14.2. The van der Waals surface area contributed by atoms with Crippen LogP contribution in [0.15, 0.2) is 48.0 Å². The molecule has 0 aliphatic heterocycles. The van der Waals surface area contributed by atoms with Gasteiger partial charge < -0.3 is 14.9 Å². The second-order valence-corrected chi connectivity index (χ2v) is 5.82. The molecule has 0 N–H and O–H groups in total. The van der Waals surface area contributed by atoms with Crippen molar-refractivity contribution in [2.75, 3.05) is 0 Å². The number of benzene rings is 1. The van der Waals surface area contributed by atoms with Gasteiger partial charge in [-0.2, -0.15) is 0 Å². The molecule has 1 aromatic carbocycles. The van der Waals surface area contributed by atoms with Gasteiger partial charge in [0.25, 0.3) is 0 Å². The fraction of sp³-hybridized carbons (Fsp3) is 0.0667. The number of halogens is 1. The second kappa shape index (κ2) is 6.72. The number of hydrogen-bond donors (Lipinski definition) is 0. The van der Waals surface area contributed by atoms with Crippen LogP contribution < -0.4 is 4.74 Å². The van der Waals surface area contributed by atoms with Gasteiger partial charge in [-0.15, -0.1) is 11.3 Å². The van der Waals surface area contributed by atoms with Crippen LogP contribution >= 0.6 is 22.9 Å². The topological polar surface area (TPSA) is 78.2 Å². The maximum atomic E-state index is 10.9. The van der Waals surface area contributed by atoms with E-state index in [0.29, 0.717) is 10.7 Å². The van der Waals surface area contributed by atoms with E-state index in [2.05, 4.69) is 9.97 Å². The Morgan fingerprint density at radius 3 is 2.78 bits per heavy atom. The monoisotopic (exact) mass is 347 g/mol. The largest absolute Gasteiger partial charge is 0.479 e. The van der Waals surface area contributed by atoms with E-state index in [-0.39, 0.29) is 18.2 Å². The minimum atomic E-state index is -0.574. The Bertz CT molecular complexity index is 836. The van der Waals surface area contributed by atoms with E-state index in [4.69, 9.17) is 16.3 Å². The third kappa shape index (κ3) is 3.64. The highest BCUT2D eigenvalue weighted by Gasteiger charge is 2.16. The van der Waals surface area contributed by atoms with Crippen molar-refractivity contribution in [3.8, 4) is 16.3 Å². The fourth-order valence-corrected chi connectivity index (χ4v) is 2.82. The molecule has 2 aromatic heterocycles. The van der Waals surface area contributed by atoms with Crippen LogP contribution in [0.2, 0.25) is 5.02 Å². The maximum absolute atomic E-state index is 10.9. The Kier molecular flexibility index (Phi) is 4.50. The highest BCUT2D eigenvalue weighted by molar-refractivity contribution is 7.13. The molecule has 0 atom stereocenters. The molecular formula is C15H10ClN3O3S. The molecule has 2 heterocycles. The summed E-state index contributed by atoms with van der Waals surface area (Å²) < 4.78 is 5.47. The number of thiazole rings is 1. The average molecular weight is 348 g/mol. The lowest BCUT2D eigenvalue weighted by Gasteiger charge is -2.03. The molecule has 116 valence electrons. The Hall–Kier alpha value is -2.51. The van der Waals surface area contributed by atoms with Crippen molar-refractivity contribution in [1.82, 2.24) is 9.97 Å². The molecule has 0 saturated heterocycles. The summed E-state index contributed by atoms with van der Waals surface area (Å²) in [5.74, 6) is -0.181. The molecule has 0 radical (unpaired) electrons. The van der Waals surface area contributed by atoms with Crippen LogP contribution in [-0.2, 0) is 6.61 Å². The molecule has 8 heteroatoms. The Morgan fingerprint density at radius 2 is 2.04 bits per heavy atom. The van der Waals surface area contributed by atoms with Crippen molar-refractivity contribution in [1.29, 1.82) is 0 Å². The zero-order valence-corrected chi connectivity index (χ0v) is 13.3. The van der Waals surface area contributed by atoms with Crippen molar-refractivity contribution in [2.45, 2.75) is 6.61 Å².